The normalized spacial score (nSPS) is 25.5. The number of carbonyl (C=O) groups excluding carboxylic acids is 1. The molecule has 1 heterocycles. The summed E-state index contributed by atoms with van der Waals surface area (Å²) in [4.78, 5) is 13.9. The van der Waals surface area contributed by atoms with Crippen LogP contribution in [0.4, 0.5) is 4.79 Å². The summed E-state index contributed by atoms with van der Waals surface area (Å²) in [5.41, 5.74) is 0.368. The Labute approximate surface area is 116 Å². The zero-order valence-electron chi connectivity index (χ0n) is 12.4. The summed E-state index contributed by atoms with van der Waals surface area (Å²) in [6.45, 7) is 5.55. The molecule has 1 atom stereocenters. The maximum absolute atomic E-state index is 12.1. The van der Waals surface area contributed by atoms with Crippen molar-refractivity contribution in [3.63, 3.8) is 0 Å². The molecule has 1 saturated heterocycles. The highest BCUT2D eigenvalue weighted by Gasteiger charge is 2.32. The molecule has 2 amide bonds. The van der Waals surface area contributed by atoms with E-state index in [1.807, 2.05) is 11.9 Å². The fourth-order valence-electron chi connectivity index (χ4n) is 3.38. The van der Waals surface area contributed by atoms with Gasteiger partial charge in [0, 0.05) is 32.7 Å². The van der Waals surface area contributed by atoms with Gasteiger partial charge in [-0.05, 0) is 31.1 Å². The van der Waals surface area contributed by atoms with Gasteiger partial charge >= 0.3 is 6.03 Å². The molecule has 1 aliphatic carbocycles. The van der Waals surface area contributed by atoms with Crippen LogP contribution in [0.3, 0.4) is 0 Å². The summed E-state index contributed by atoms with van der Waals surface area (Å²) in [7, 11) is 1.89. The molecule has 2 aliphatic rings. The van der Waals surface area contributed by atoms with E-state index < -0.39 is 0 Å². The first kappa shape index (κ1) is 14.6. The van der Waals surface area contributed by atoms with Crippen molar-refractivity contribution in [2.75, 3.05) is 33.4 Å². The molecule has 1 N–H and O–H groups in total. The van der Waals surface area contributed by atoms with Crippen LogP contribution in [-0.4, -0.2) is 44.3 Å². The summed E-state index contributed by atoms with van der Waals surface area (Å²) in [6.07, 6.45) is 7.43. The van der Waals surface area contributed by atoms with Gasteiger partial charge in [-0.2, -0.15) is 0 Å². The van der Waals surface area contributed by atoms with Gasteiger partial charge in [-0.15, -0.1) is 0 Å². The quantitative estimate of drug-likeness (QED) is 0.833. The Bertz CT molecular complexity index is 295. The van der Waals surface area contributed by atoms with Gasteiger partial charge in [-0.25, -0.2) is 4.79 Å². The van der Waals surface area contributed by atoms with Crippen molar-refractivity contribution in [1.82, 2.24) is 10.2 Å². The van der Waals surface area contributed by atoms with Crippen molar-refractivity contribution in [3.05, 3.63) is 0 Å². The number of nitrogens with one attached hydrogen (secondary N) is 1. The van der Waals surface area contributed by atoms with Crippen LogP contribution in [-0.2, 0) is 4.74 Å². The SMILES string of the molecule is CCC1(CNC(=O)N(C)C[C@H]2CCOC2)CCCC1. The van der Waals surface area contributed by atoms with Crippen molar-refractivity contribution >= 4 is 6.03 Å². The second kappa shape index (κ2) is 6.60. The third-order valence-electron chi connectivity index (χ3n) is 4.93. The lowest BCUT2D eigenvalue weighted by Gasteiger charge is -2.29. The Kier molecular flexibility index (Phi) is 5.08. The zero-order chi connectivity index (χ0) is 13.7. The van der Waals surface area contributed by atoms with Gasteiger partial charge in [0.25, 0.3) is 0 Å². The minimum Gasteiger partial charge on any atom is -0.381 e. The van der Waals surface area contributed by atoms with Gasteiger partial charge in [0.1, 0.15) is 0 Å². The Morgan fingerprint density at radius 1 is 1.42 bits per heavy atom. The minimum atomic E-state index is 0.0756. The van der Waals surface area contributed by atoms with Crippen LogP contribution in [0, 0.1) is 11.3 Å². The van der Waals surface area contributed by atoms with Crippen LogP contribution < -0.4 is 5.32 Å². The lowest BCUT2D eigenvalue weighted by Crippen LogP contribution is -2.44. The molecule has 0 bridgehead atoms. The van der Waals surface area contributed by atoms with Crippen molar-refractivity contribution in [3.8, 4) is 0 Å². The zero-order valence-corrected chi connectivity index (χ0v) is 12.4. The minimum absolute atomic E-state index is 0.0756. The molecular weight excluding hydrogens is 240 g/mol. The van der Waals surface area contributed by atoms with Crippen LogP contribution in [0.15, 0.2) is 0 Å². The fraction of sp³-hybridized carbons (Fsp3) is 0.933. The van der Waals surface area contributed by atoms with Gasteiger partial charge in [0.15, 0.2) is 0 Å². The molecule has 0 aromatic rings. The van der Waals surface area contributed by atoms with Gasteiger partial charge in [0.2, 0.25) is 0 Å². The molecule has 4 heteroatoms. The van der Waals surface area contributed by atoms with Gasteiger partial charge in [-0.3, -0.25) is 0 Å². The van der Waals surface area contributed by atoms with Crippen molar-refractivity contribution in [2.45, 2.75) is 45.4 Å². The maximum Gasteiger partial charge on any atom is 0.317 e. The molecule has 4 nitrogen and oxygen atoms in total. The van der Waals surface area contributed by atoms with E-state index in [1.165, 1.54) is 32.1 Å². The molecule has 0 spiro atoms. The first-order chi connectivity index (χ1) is 9.15. The topological polar surface area (TPSA) is 41.6 Å². The molecule has 110 valence electrons. The van der Waals surface area contributed by atoms with Crippen LogP contribution >= 0.6 is 0 Å². The second-order valence-corrected chi connectivity index (χ2v) is 6.33. The predicted octanol–water partition coefficient (Wildman–Crippen LogP) is 2.63. The molecule has 0 aromatic carbocycles. The van der Waals surface area contributed by atoms with E-state index in [2.05, 4.69) is 12.2 Å². The molecule has 2 fully saturated rings. The molecule has 0 aromatic heterocycles. The van der Waals surface area contributed by atoms with E-state index in [1.54, 1.807) is 0 Å². The van der Waals surface area contributed by atoms with E-state index in [4.69, 9.17) is 4.74 Å². The van der Waals surface area contributed by atoms with Crippen LogP contribution in [0.2, 0.25) is 0 Å². The lowest BCUT2D eigenvalue weighted by molar-refractivity contribution is 0.168. The van der Waals surface area contributed by atoms with Crippen molar-refractivity contribution in [2.24, 2.45) is 11.3 Å². The molecule has 2 rings (SSSR count). The van der Waals surface area contributed by atoms with Crippen LogP contribution in [0.25, 0.3) is 0 Å². The smallest absolute Gasteiger partial charge is 0.317 e. The molecule has 1 aliphatic heterocycles. The van der Waals surface area contributed by atoms with E-state index in [9.17, 15) is 4.79 Å². The predicted molar refractivity (Wildman–Crippen MR) is 76.1 cm³/mol. The Morgan fingerprint density at radius 3 is 2.74 bits per heavy atom. The number of nitrogens with zero attached hydrogens (tertiary/aromatic N) is 1. The highest BCUT2D eigenvalue weighted by atomic mass is 16.5. The summed E-state index contributed by atoms with van der Waals surface area (Å²) in [5, 5.41) is 3.14. The van der Waals surface area contributed by atoms with E-state index in [0.717, 1.165) is 32.7 Å². The number of amides is 2. The van der Waals surface area contributed by atoms with E-state index >= 15 is 0 Å². The van der Waals surface area contributed by atoms with Gasteiger partial charge in [0.05, 0.1) is 6.61 Å². The molecular formula is C15H28N2O2. The Morgan fingerprint density at radius 2 is 2.16 bits per heavy atom. The van der Waals surface area contributed by atoms with Crippen molar-refractivity contribution < 1.29 is 9.53 Å². The Balaban J connectivity index is 1.73. The number of hydrogen-bond acceptors (Lipinski definition) is 2. The highest BCUT2D eigenvalue weighted by molar-refractivity contribution is 5.73. The van der Waals surface area contributed by atoms with E-state index in [-0.39, 0.29) is 6.03 Å². The Hall–Kier alpha value is -0.770. The fourth-order valence-corrected chi connectivity index (χ4v) is 3.38. The molecule has 19 heavy (non-hydrogen) atoms. The molecule has 0 unspecified atom stereocenters. The number of ether oxygens (including phenoxy) is 1. The second-order valence-electron chi connectivity index (χ2n) is 6.33. The number of urea groups is 1. The monoisotopic (exact) mass is 268 g/mol. The van der Waals surface area contributed by atoms with Gasteiger partial charge in [-0.1, -0.05) is 19.8 Å². The average molecular weight is 268 g/mol. The van der Waals surface area contributed by atoms with Crippen LogP contribution in [0.5, 0.6) is 0 Å². The third kappa shape index (κ3) is 3.85. The summed E-state index contributed by atoms with van der Waals surface area (Å²) < 4.78 is 5.35. The number of carbonyl (C=O) groups is 1. The van der Waals surface area contributed by atoms with Crippen LogP contribution in [0.1, 0.15) is 45.4 Å². The molecule has 0 radical (unpaired) electrons. The number of hydrogen-bond donors (Lipinski definition) is 1. The standard InChI is InChI=1S/C15H28N2O2/c1-3-15(7-4-5-8-15)12-16-14(18)17(2)10-13-6-9-19-11-13/h13H,3-12H2,1-2H3,(H,16,18)/t13-/m1/s1. The summed E-state index contributed by atoms with van der Waals surface area (Å²) in [5.74, 6) is 0.516. The first-order valence-corrected chi connectivity index (χ1v) is 7.72. The summed E-state index contributed by atoms with van der Waals surface area (Å²) in [6, 6.07) is 0.0756. The highest BCUT2D eigenvalue weighted by Crippen LogP contribution is 2.40. The van der Waals surface area contributed by atoms with E-state index in [0.29, 0.717) is 11.3 Å². The summed E-state index contributed by atoms with van der Waals surface area (Å²) >= 11 is 0. The van der Waals surface area contributed by atoms with Gasteiger partial charge < -0.3 is 15.0 Å². The third-order valence-corrected chi connectivity index (χ3v) is 4.93. The lowest BCUT2D eigenvalue weighted by atomic mass is 9.83. The largest absolute Gasteiger partial charge is 0.381 e. The average Bonchev–Trinajstić information content (AvgIpc) is 3.07. The maximum atomic E-state index is 12.1. The van der Waals surface area contributed by atoms with Crippen molar-refractivity contribution in [1.29, 1.82) is 0 Å². The first-order valence-electron chi connectivity index (χ1n) is 7.72. The number of rotatable bonds is 5. The molecule has 1 saturated carbocycles.